The topological polar surface area (TPSA) is 78.7 Å². The van der Waals surface area contributed by atoms with E-state index in [2.05, 4.69) is 6.08 Å². The van der Waals surface area contributed by atoms with Crippen LogP contribution in [0.4, 0.5) is 5.69 Å². The number of carbonyl (C=O) groups excluding carboxylic acids is 1. The number of ether oxygens (including phenoxy) is 2. The van der Waals surface area contributed by atoms with Gasteiger partial charge in [-0.05, 0) is 54.7 Å². The number of nitro groups is 1. The molecule has 1 saturated carbocycles. The number of non-ortho nitro benzene ring substituents is 1. The molecule has 2 aromatic carbocycles. The quantitative estimate of drug-likeness (QED) is 0.146. The van der Waals surface area contributed by atoms with E-state index in [0.717, 1.165) is 0 Å². The summed E-state index contributed by atoms with van der Waals surface area (Å²) in [4.78, 5) is 23.2. The molecule has 0 radical (unpaired) electrons. The maximum atomic E-state index is 12.9. The Balaban J connectivity index is 1.81. The molecule has 6 nitrogen and oxygen atoms in total. The highest BCUT2D eigenvalue weighted by Crippen LogP contribution is 2.26. The standard InChI is InChI=1S/C24H25NO5/c1-29-21-14-10-19(11-15-21)23(9-5-8-18-6-3-2-4-7-18)24(26)30-22-16-12-20(13-17-22)25(27)28/h5,8-18H,2-4,6-7H2,1H3. The largest absolute Gasteiger partial charge is 0.497 e. The molecule has 0 atom stereocenters. The molecular weight excluding hydrogens is 382 g/mol. The van der Waals surface area contributed by atoms with Crippen molar-refractivity contribution < 1.29 is 19.2 Å². The maximum Gasteiger partial charge on any atom is 0.344 e. The summed E-state index contributed by atoms with van der Waals surface area (Å²) in [6.45, 7) is 0. The van der Waals surface area contributed by atoms with Crippen molar-refractivity contribution in [3.63, 3.8) is 0 Å². The minimum Gasteiger partial charge on any atom is -0.497 e. The minimum absolute atomic E-state index is 0.0591. The van der Waals surface area contributed by atoms with E-state index in [1.54, 1.807) is 37.5 Å². The molecule has 0 unspecified atom stereocenters. The highest BCUT2D eigenvalue weighted by Gasteiger charge is 2.16. The fourth-order valence-corrected chi connectivity index (χ4v) is 3.49. The lowest BCUT2D eigenvalue weighted by molar-refractivity contribution is -0.384. The molecular formula is C24H25NO5. The molecule has 0 bridgehead atoms. The van der Waals surface area contributed by atoms with Crippen LogP contribution in [-0.2, 0) is 4.79 Å². The van der Waals surface area contributed by atoms with E-state index in [1.165, 1.54) is 56.4 Å². The smallest absolute Gasteiger partial charge is 0.344 e. The van der Waals surface area contributed by atoms with Gasteiger partial charge in [-0.15, -0.1) is 0 Å². The summed E-state index contributed by atoms with van der Waals surface area (Å²) in [6, 6.07) is 12.6. The van der Waals surface area contributed by atoms with Gasteiger partial charge in [0.15, 0.2) is 0 Å². The van der Waals surface area contributed by atoms with E-state index >= 15 is 0 Å². The van der Waals surface area contributed by atoms with Crippen molar-refractivity contribution >= 4 is 17.2 Å². The second-order valence-corrected chi connectivity index (χ2v) is 7.23. The molecule has 30 heavy (non-hydrogen) atoms. The molecule has 6 heteroatoms. The highest BCUT2D eigenvalue weighted by molar-refractivity contribution is 6.17. The van der Waals surface area contributed by atoms with Crippen LogP contribution in [0.3, 0.4) is 0 Å². The first kappa shape index (κ1) is 21.3. The minimum atomic E-state index is -0.526. The van der Waals surface area contributed by atoms with E-state index in [-0.39, 0.29) is 11.4 Å². The molecule has 1 fully saturated rings. The van der Waals surface area contributed by atoms with E-state index in [0.29, 0.717) is 22.8 Å². The first-order valence-corrected chi connectivity index (χ1v) is 10.1. The number of rotatable bonds is 7. The Labute approximate surface area is 176 Å². The first-order chi connectivity index (χ1) is 14.6. The number of nitro benzene ring substituents is 1. The van der Waals surface area contributed by atoms with Crippen LogP contribution in [0, 0.1) is 16.0 Å². The third-order valence-corrected chi connectivity index (χ3v) is 5.18. The monoisotopic (exact) mass is 407 g/mol. The number of allylic oxidation sites excluding steroid dienone is 3. The molecule has 156 valence electrons. The van der Waals surface area contributed by atoms with Crippen LogP contribution in [0.25, 0.3) is 5.57 Å². The van der Waals surface area contributed by atoms with Crippen molar-refractivity contribution in [2.24, 2.45) is 5.92 Å². The third-order valence-electron chi connectivity index (χ3n) is 5.18. The van der Waals surface area contributed by atoms with Crippen LogP contribution in [0.15, 0.2) is 66.8 Å². The number of carbonyl (C=O) groups is 1. The maximum absolute atomic E-state index is 12.9. The third kappa shape index (κ3) is 5.80. The number of hydrogen-bond donors (Lipinski definition) is 0. The Kier molecular flexibility index (Phi) is 7.38. The Bertz CT molecular complexity index is 923. The van der Waals surface area contributed by atoms with Gasteiger partial charge in [0, 0.05) is 12.1 Å². The van der Waals surface area contributed by atoms with E-state index in [9.17, 15) is 14.9 Å². The van der Waals surface area contributed by atoms with Gasteiger partial charge in [-0.2, -0.15) is 0 Å². The van der Waals surface area contributed by atoms with E-state index < -0.39 is 10.9 Å². The Morgan fingerprint density at radius 1 is 1.00 bits per heavy atom. The summed E-state index contributed by atoms with van der Waals surface area (Å²) in [7, 11) is 1.58. The average molecular weight is 407 g/mol. The second kappa shape index (κ2) is 10.4. The van der Waals surface area contributed by atoms with Gasteiger partial charge >= 0.3 is 5.97 Å². The average Bonchev–Trinajstić information content (AvgIpc) is 2.78. The highest BCUT2D eigenvalue weighted by atomic mass is 16.6. The number of benzene rings is 2. The molecule has 2 aromatic rings. The zero-order valence-electron chi connectivity index (χ0n) is 17.0. The van der Waals surface area contributed by atoms with Crippen molar-refractivity contribution in [3.05, 3.63) is 82.4 Å². The summed E-state index contributed by atoms with van der Waals surface area (Å²) in [6.07, 6.45) is 12.0. The summed E-state index contributed by atoms with van der Waals surface area (Å²) in [5, 5.41) is 10.8. The van der Waals surface area contributed by atoms with Crippen molar-refractivity contribution in [1.29, 1.82) is 0 Å². The molecule has 1 aliphatic carbocycles. The Morgan fingerprint density at radius 2 is 1.63 bits per heavy atom. The predicted octanol–water partition coefficient (Wildman–Crippen LogP) is 5.73. The van der Waals surface area contributed by atoms with E-state index in [1.807, 2.05) is 6.08 Å². The molecule has 0 saturated heterocycles. The number of nitrogens with zero attached hydrogens (tertiary/aromatic N) is 1. The van der Waals surface area contributed by atoms with Crippen molar-refractivity contribution in [3.8, 4) is 11.5 Å². The molecule has 3 rings (SSSR count). The Morgan fingerprint density at radius 3 is 2.23 bits per heavy atom. The first-order valence-electron chi connectivity index (χ1n) is 10.1. The summed E-state index contributed by atoms with van der Waals surface area (Å²) < 4.78 is 10.7. The molecule has 0 spiro atoms. The lowest BCUT2D eigenvalue weighted by atomic mass is 9.89. The zero-order valence-corrected chi connectivity index (χ0v) is 17.0. The number of esters is 1. The van der Waals surface area contributed by atoms with Crippen molar-refractivity contribution in [2.75, 3.05) is 7.11 Å². The van der Waals surface area contributed by atoms with Gasteiger partial charge in [0.25, 0.3) is 5.69 Å². The van der Waals surface area contributed by atoms with Crippen LogP contribution in [-0.4, -0.2) is 18.0 Å². The van der Waals surface area contributed by atoms with Gasteiger partial charge < -0.3 is 9.47 Å². The summed E-state index contributed by atoms with van der Waals surface area (Å²) in [5.41, 5.74) is 1.05. The van der Waals surface area contributed by atoms with Crippen LogP contribution in [0.5, 0.6) is 11.5 Å². The fraction of sp³-hybridized carbons (Fsp3) is 0.292. The lowest BCUT2D eigenvalue weighted by Crippen LogP contribution is -2.10. The van der Waals surface area contributed by atoms with Crippen LogP contribution >= 0.6 is 0 Å². The molecule has 0 amide bonds. The number of hydrogen-bond acceptors (Lipinski definition) is 5. The van der Waals surface area contributed by atoms with Crippen molar-refractivity contribution in [2.45, 2.75) is 32.1 Å². The van der Waals surface area contributed by atoms with Gasteiger partial charge in [-0.3, -0.25) is 10.1 Å². The van der Waals surface area contributed by atoms with Crippen LogP contribution in [0.1, 0.15) is 37.7 Å². The van der Waals surface area contributed by atoms with Gasteiger partial charge in [0.05, 0.1) is 17.6 Å². The van der Waals surface area contributed by atoms with Crippen LogP contribution in [0.2, 0.25) is 0 Å². The summed E-state index contributed by atoms with van der Waals surface area (Å²) in [5.74, 6) is 0.959. The number of methoxy groups -OCH3 is 1. The Hall–Kier alpha value is -3.41. The lowest BCUT2D eigenvalue weighted by Gasteiger charge is -2.17. The van der Waals surface area contributed by atoms with Gasteiger partial charge in [-0.25, -0.2) is 4.79 Å². The molecule has 0 aliphatic heterocycles. The predicted molar refractivity (Wildman–Crippen MR) is 115 cm³/mol. The molecule has 1 aliphatic rings. The van der Waals surface area contributed by atoms with Gasteiger partial charge in [0.2, 0.25) is 0 Å². The molecule has 0 N–H and O–H groups in total. The van der Waals surface area contributed by atoms with Gasteiger partial charge in [0.1, 0.15) is 11.5 Å². The second-order valence-electron chi connectivity index (χ2n) is 7.23. The SMILES string of the molecule is COc1ccc(C(=CC=CC2CCCCC2)C(=O)Oc2ccc([N+](=O)[O-])cc2)cc1. The summed E-state index contributed by atoms with van der Waals surface area (Å²) >= 11 is 0. The normalized spacial score (nSPS) is 15.2. The van der Waals surface area contributed by atoms with Crippen LogP contribution < -0.4 is 9.47 Å². The zero-order chi connectivity index (χ0) is 21.3. The van der Waals surface area contributed by atoms with E-state index in [4.69, 9.17) is 9.47 Å². The van der Waals surface area contributed by atoms with Gasteiger partial charge in [-0.1, -0.05) is 43.5 Å². The fourth-order valence-electron chi connectivity index (χ4n) is 3.49. The van der Waals surface area contributed by atoms with Crippen molar-refractivity contribution in [1.82, 2.24) is 0 Å². The molecule has 0 aromatic heterocycles. The molecule has 0 heterocycles.